The quantitative estimate of drug-likeness (QED) is 0.604. The number of rotatable bonds is 7. The van der Waals surface area contributed by atoms with Crippen molar-refractivity contribution in [2.24, 2.45) is 0 Å². The van der Waals surface area contributed by atoms with E-state index in [-0.39, 0.29) is 0 Å². The number of ether oxygens (including phenoxy) is 2. The van der Waals surface area contributed by atoms with Crippen LogP contribution in [0.2, 0.25) is 0 Å². The van der Waals surface area contributed by atoms with Gasteiger partial charge in [-0.1, -0.05) is 13.0 Å². The number of nitrogens with one attached hydrogen (secondary N) is 1. The number of hydrogen-bond acceptors (Lipinski definition) is 3. The predicted molar refractivity (Wildman–Crippen MR) is 77.5 cm³/mol. The zero-order chi connectivity index (χ0) is 13.5. The topological polar surface area (TPSA) is 30.5 Å². The molecule has 106 valence electrons. The van der Waals surface area contributed by atoms with Crippen LogP contribution in [0.15, 0.2) is 18.2 Å². The van der Waals surface area contributed by atoms with Crippen molar-refractivity contribution in [2.45, 2.75) is 45.6 Å². The predicted octanol–water partition coefficient (Wildman–Crippen LogP) is 3.44. The van der Waals surface area contributed by atoms with Gasteiger partial charge in [-0.3, -0.25) is 0 Å². The Morgan fingerprint density at radius 1 is 1.32 bits per heavy atom. The van der Waals surface area contributed by atoms with Crippen molar-refractivity contribution in [1.29, 1.82) is 0 Å². The van der Waals surface area contributed by atoms with Crippen molar-refractivity contribution >= 4 is 0 Å². The summed E-state index contributed by atoms with van der Waals surface area (Å²) < 4.78 is 10.8. The van der Waals surface area contributed by atoms with Crippen molar-refractivity contribution < 1.29 is 9.47 Å². The number of aryl methyl sites for hydroxylation is 1. The van der Waals surface area contributed by atoms with Gasteiger partial charge in [0.25, 0.3) is 0 Å². The monoisotopic (exact) mass is 263 g/mol. The SMILES string of the molecule is CCCNC1CCCc2cc(OCOCC)ccc21. The minimum absolute atomic E-state index is 0.340. The summed E-state index contributed by atoms with van der Waals surface area (Å²) >= 11 is 0. The molecular weight excluding hydrogens is 238 g/mol. The van der Waals surface area contributed by atoms with Crippen molar-refractivity contribution in [3.63, 3.8) is 0 Å². The third-order valence-corrected chi connectivity index (χ3v) is 3.58. The lowest BCUT2D eigenvalue weighted by atomic mass is 9.87. The summed E-state index contributed by atoms with van der Waals surface area (Å²) in [5, 5.41) is 3.63. The first-order chi connectivity index (χ1) is 9.35. The first-order valence-electron chi connectivity index (χ1n) is 7.42. The van der Waals surface area contributed by atoms with Gasteiger partial charge in [-0.05, 0) is 62.4 Å². The highest BCUT2D eigenvalue weighted by molar-refractivity contribution is 5.39. The van der Waals surface area contributed by atoms with E-state index in [0.29, 0.717) is 19.4 Å². The van der Waals surface area contributed by atoms with Crippen LogP contribution in [0.4, 0.5) is 0 Å². The van der Waals surface area contributed by atoms with E-state index in [0.717, 1.165) is 18.7 Å². The van der Waals surface area contributed by atoms with Gasteiger partial charge < -0.3 is 14.8 Å². The Balaban J connectivity index is 2.02. The Hall–Kier alpha value is -1.06. The molecule has 1 aliphatic carbocycles. The fourth-order valence-electron chi connectivity index (χ4n) is 2.60. The molecule has 0 fully saturated rings. The van der Waals surface area contributed by atoms with Crippen molar-refractivity contribution in [3.05, 3.63) is 29.3 Å². The highest BCUT2D eigenvalue weighted by atomic mass is 16.7. The Kier molecular flexibility index (Phi) is 5.67. The summed E-state index contributed by atoms with van der Waals surface area (Å²) in [6.07, 6.45) is 4.84. The second-order valence-corrected chi connectivity index (χ2v) is 5.01. The molecule has 3 nitrogen and oxygen atoms in total. The third kappa shape index (κ3) is 3.95. The molecule has 0 bridgehead atoms. The van der Waals surface area contributed by atoms with Crippen LogP contribution in [-0.4, -0.2) is 19.9 Å². The maximum atomic E-state index is 5.59. The Bertz CT molecular complexity index is 392. The third-order valence-electron chi connectivity index (χ3n) is 3.58. The summed E-state index contributed by atoms with van der Waals surface area (Å²) in [4.78, 5) is 0. The second-order valence-electron chi connectivity index (χ2n) is 5.01. The highest BCUT2D eigenvalue weighted by Crippen LogP contribution is 2.32. The Morgan fingerprint density at radius 2 is 2.21 bits per heavy atom. The van der Waals surface area contributed by atoms with Crippen LogP contribution in [0, 0.1) is 0 Å². The van der Waals surface area contributed by atoms with Crippen LogP contribution in [0.3, 0.4) is 0 Å². The number of hydrogen-bond donors (Lipinski definition) is 1. The standard InChI is InChI=1S/C16H25NO2/c1-3-10-17-16-7-5-6-13-11-14(8-9-15(13)16)19-12-18-4-2/h8-9,11,16-17H,3-7,10,12H2,1-2H3. The van der Waals surface area contributed by atoms with Crippen LogP contribution in [0.25, 0.3) is 0 Å². The van der Waals surface area contributed by atoms with E-state index in [4.69, 9.17) is 9.47 Å². The van der Waals surface area contributed by atoms with E-state index in [9.17, 15) is 0 Å². The van der Waals surface area contributed by atoms with Crippen molar-refractivity contribution in [1.82, 2.24) is 5.32 Å². The first kappa shape index (κ1) is 14.4. The molecular formula is C16H25NO2. The van der Waals surface area contributed by atoms with Gasteiger partial charge in [-0.2, -0.15) is 0 Å². The van der Waals surface area contributed by atoms with Gasteiger partial charge in [-0.15, -0.1) is 0 Å². The van der Waals surface area contributed by atoms with E-state index in [1.54, 1.807) is 0 Å². The van der Waals surface area contributed by atoms with Gasteiger partial charge in [0, 0.05) is 12.6 Å². The lowest BCUT2D eigenvalue weighted by Gasteiger charge is -2.27. The minimum Gasteiger partial charge on any atom is -0.468 e. The van der Waals surface area contributed by atoms with Gasteiger partial charge in [-0.25, -0.2) is 0 Å². The molecule has 0 saturated heterocycles. The Morgan fingerprint density at radius 3 is 3.00 bits per heavy atom. The van der Waals surface area contributed by atoms with E-state index in [1.165, 1.54) is 30.4 Å². The summed E-state index contributed by atoms with van der Waals surface area (Å²) in [5.41, 5.74) is 2.87. The van der Waals surface area contributed by atoms with Crippen molar-refractivity contribution in [3.8, 4) is 5.75 Å². The molecule has 0 amide bonds. The lowest BCUT2D eigenvalue weighted by molar-refractivity contribution is 0.0223. The summed E-state index contributed by atoms with van der Waals surface area (Å²) in [6, 6.07) is 6.96. The molecule has 0 spiro atoms. The largest absolute Gasteiger partial charge is 0.468 e. The zero-order valence-corrected chi connectivity index (χ0v) is 12.1. The molecule has 1 aromatic rings. The lowest BCUT2D eigenvalue weighted by Crippen LogP contribution is -2.25. The van der Waals surface area contributed by atoms with E-state index < -0.39 is 0 Å². The fourth-order valence-corrected chi connectivity index (χ4v) is 2.60. The molecule has 0 saturated carbocycles. The van der Waals surface area contributed by atoms with Crippen LogP contribution in [0.1, 0.15) is 50.3 Å². The van der Waals surface area contributed by atoms with Crippen LogP contribution in [-0.2, 0) is 11.2 Å². The van der Waals surface area contributed by atoms with Crippen LogP contribution in [0.5, 0.6) is 5.75 Å². The van der Waals surface area contributed by atoms with Crippen LogP contribution >= 0.6 is 0 Å². The molecule has 1 unspecified atom stereocenters. The fraction of sp³-hybridized carbons (Fsp3) is 0.625. The number of benzene rings is 1. The molecule has 3 heteroatoms. The van der Waals surface area contributed by atoms with Crippen LogP contribution < -0.4 is 10.1 Å². The summed E-state index contributed by atoms with van der Waals surface area (Å²) in [6.45, 7) is 6.30. The molecule has 0 heterocycles. The summed E-state index contributed by atoms with van der Waals surface area (Å²) in [5.74, 6) is 0.920. The van der Waals surface area contributed by atoms with Gasteiger partial charge in [0.15, 0.2) is 6.79 Å². The van der Waals surface area contributed by atoms with E-state index in [2.05, 4.69) is 30.4 Å². The molecule has 0 aliphatic heterocycles. The van der Waals surface area contributed by atoms with Crippen molar-refractivity contribution in [2.75, 3.05) is 19.9 Å². The molecule has 0 aromatic heterocycles. The molecule has 1 N–H and O–H groups in total. The maximum Gasteiger partial charge on any atom is 0.189 e. The molecule has 2 rings (SSSR count). The van der Waals surface area contributed by atoms with Gasteiger partial charge in [0.2, 0.25) is 0 Å². The maximum absolute atomic E-state index is 5.59. The highest BCUT2D eigenvalue weighted by Gasteiger charge is 2.19. The van der Waals surface area contributed by atoms with Gasteiger partial charge in [0.1, 0.15) is 5.75 Å². The molecule has 19 heavy (non-hydrogen) atoms. The summed E-state index contributed by atoms with van der Waals surface area (Å²) in [7, 11) is 0. The molecule has 1 aromatic carbocycles. The average Bonchev–Trinajstić information content (AvgIpc) is 2.45. The zero-order valence-electron chi connectivity index (χ0n) is 12.1. The first-order valence-corrected chi connectivity index (χ1v) is 7.42. The smallest absolute Gasteiger partial charge is 0.189 e. The molecule has 1 aliphatic rings. The Labute approximate surface area is 116 Å². The second kappa shape index (κ2) is 7.51. The van der Waals surface area contributed by atoms with Gasteiger partial charge in [0.05, 0.1) is 0 Å². The van der Waals surface area contributed by atoms with E-state index in [1.807, 2.05) is 6.92 Å². The average molecular weight is 263 g/mol. The molecule has 0 radical (unpaired) electrons. The normalized spacial score (nSPS) is 18.1. The number of fused-ring (bicyclic) bond motifs is 1. The molecule has 1 atom stereocenters. The van der Waals surface area contributed by atoms with Gasteiger partial charge >= 0.3 is 0 Å². The minimum atomic E-state index is 0.340. The van der Waals surface area contributed by atoms with E-state index >= 15 is 0 Å².